The van der Waals surface area contributed by atoms with Crippen LogP contribution >= 0.6 is 0 Å². The third-order valence-electron chi connectivity index (χ3n) is 3.07. The van der Waals surface area contributed by atoms with Crippen LogP contribution in [0, 0.1) is 5.92 Å². The molecule has 0 aliphatic carbocycles. The average Bonchev–Trinajstić information content (AvgIpc) is 2.40. The highest BCUT2D eigenvalue weighted by Gasteiger charge is 2.12. The third-order valence-corrected chi connectivity index (χ3v) is 3.07. The van der Waals surface area contributed by atoms with Crippen LogP contribution in [0.15, 0.2) is 18.2 Å². The normalized spacial score (nSPS) is 12.5. The lowest BCUT2D eigenvalue weighted by Gasteiger charge is -2.20. The molecule has 0 bridgehead atoms. The van der Waals surface area contributed by atoms with Gasteiger partial charge in [-0.05, 0) is 43.5 Å². The van der Waals surface area contributed by atoms with Gasteiger partial charge in [-0.15, -0.1) is 0 Å². The van der Waals surface area contributed by atoms with E-state index in [1.807, 2.05) is 13.0 Å². The second kappa shape index (κ2) is 8.05. The second-order valence-corrected chi connectivity index (χ2v) is 5.11. The van der Waals surface area contributed by atoms with Gasteiger partial charge in [0.05, 0.1) is 13.7 Å². The maximum absolute atomic E-state index is 5.55. The Morgan fingerprint density at radius 2 is 1.89 bits per heavy atom. The van der Waals surface area contributed by atoms with Crippen LogP contribution in [0.5, 0.6) is 11.5 Å². The topological polar surface area (TPSA) is 30.5 Å². The zero-order chi connectivity index (χ0) is 14.3. The Morgan fingerprint density at radius 3 is 2.42 bits per heavy atom. The fourth-order valence-electron chi connectivity index (χ4n) is 2.05. The Hall–Kier alpha value is -1.22. The van der Waals surface area contributed by atoms with Gasteiger partial charge in [0.1, 0.15) is 0 Å². The van der Waals surface area contributed by atoms with Crippen molar-refractivity contribution in [2.24, 2.45) is 5.92 Å². The molecule has 3 heteroatoms. The van der Waals surface area contributed by atoms with E-state index in [9.17, 15) is 0 Å². The summed E-state index contributed by atoms with van der Waals surface area (Å²) in [7, 11) is 1.68. The highest BCUT2D eigenvalue weighted by Crippen LogP contribution is 2.31. The van der Waals surface area contributed by atoms with Gasteiger partial charge in [0.25, 0.3) is 0 Å². The third kappa shape index (κ3) is 4.75. The summed E-state index contributed by atoms with van der Waals surface area (Å²) in [5.74, 6) is 2.27. The second-order valence-electron chi connectivity index (χ2n) is 5.11. The van der Waals surface area contributed by atoms with Crippen LogP contribution in [0.25, 0.3) is 0 Å². The molecule has 0 spiro atoms. The molecule has 3 nitrogen and oxygen atoms in total. The van der Waals surface area contributed by atoms with Gasteiger partial charge in [-0.25, -0.2) is 0 Å². The van der Waals surface area contributed by atoms with Gasteiger partial charge in [-0.1, -0.05) is 26.8 Å². The van der Waals surface area contributed by atoms with Crippen molar-refractivity contribution in [2.45, 2.75) is 40.2 Å². The Morgan fingerprint density at radius 1 is 1.16 bits per heavy atom. The number of rotatable bonds is 8. The van der Waals surface area contributed by atoms with Gasteiger partial charge < -0.3 is 14.8 Å². The van der Waals surface area contributed by atoms with Crippen LogP contribution in [0.2, 0.25) is 0 Å². The van der Waals surface area contributed by atoms with E-state index in [0.717, 1.165) is 24.5 Å². The summed E-state index contributed by atoms with van der Waals surface area (Å²) in [5, 5.41) is 3.59. The molecule has 1 aromatic carbocycles. The summed E-state index contributed by atoms with van der Waals surface area (Å²) >= 11 is 0. The number of hydrogen-bond donors (Lipinski definition) is 1. The first-order chi connectivity index (χ1) is 9.12. The predicted octanol–water partition coefficient (Wildman–Crippen LogP) is 3.79. The van der Waals surface area contributed by atoms with Crippen molar-refractivity contribution < 1.29 is 9.47 Å². The first-order valence-corrected chi connectivity index (χ1v) is 7.16. The zero-order valence-electron chi connectivity index (χ0n) is 12.8. The van der Waals surface area contributed by atoms with Crippen LogP contribution in [0.1, 0.15) is 45.7 Å². The summed E-state index contributed by atoms with van der Waals surface area (Å²) in [6.07, 6.45) is 1.06. The summed E-state index contributed by atoms with van der Waals surface area (Å²) < 4.78 is 11.0. The van der Waals surface area contributed by atoms with Crippen molar-refractivity contribution in [1.82, 2.24) is 5.32 Å². The average molecular weight is 265 g/mol. The Bertz CT molecular complexity index is 377. The maximum atomic E-state index is 5.55. The molecule has 1 unspecified atom stereocenters. The van der Waals surface area contributed by atoms with E-state index in [2.05, 4.69) is 38.2 Å². The van der Waals surface area contributed by atoms with E-state index in [0.29, 0.717) is 18.6 Å². The molecule has 0 saturated heterocycles. The van der Waals surface area contributed by atoms with Crippen molar-refractivity contribution in [2.75, 3.05) is 20.3 Å². The van der Waals surface area contributed by atoms with Crippen LogP contribution in [0.3, 0.4) is 0 Å². The van der Waals surface area contributed by atoms with E-state index in [-0.39, 0.29) is 0 Å². The summed E-state index contributed by atoms with van der Waals surface area (Å²) in [4.78, 5) is 0. The molecular weight excluding hydrogens is 238 g/mol. The van der Waals surface area contributed by atoms with Crippen molar-refractivity contribution in [3.05, 3.63) is 23.8 Å². The molecule has 0 fully saturated rings. The molecule has 0 aliphatic heterocycles. The number of ether oxygens (including phenoxy) is 2. The van der Waals surface area contributed by atoms with Crippen molar-refractivity contribution in [1.29, 1.82) is 0 Å². The fraction of sp³-hybridized carbons (Fsp3) is 0.625. The molecule has 108 valence electrons. The monoisotopic (exact) mass is 265 g/mol. The minimum absolute atomic E-state index is 0.368. The number of methoxy groups -OCH3 is 1. The van der Waals surface area contributed by atoms with E-state index < -0.39 is 0 Å². The number of hydrogen-bond acceptors (Lipinski definition) is 3. The fourth-order valence-corrected chi connectivity index (χ4v) is 2.05. The highest BCUT2D eigenvalue weighted by molar-refractivity contribution is 5.43. The lowest BCUT2D eigenvalue weighted by atomic mass is 10.0. The molecule has 0 amide bonds. The lowest BCUT2D eigenvalue weighted by Crippen LogP contribution is -2.25. The van der Waals surface area contributed by atoms with Crippen LogP contribution < -0.4 is 14.8 Å². The molecule has 0 aliphatic rings. The number of benzene rings is 1. The number of nitrogens with one attached hydrogen (secondary N) is 1. The van der Waals surface area contributed by atoms with E-state index in [4.69, 9.17) is 9.47 Å². The van der Waals surface area contributed by atoms with Crippen molar-refractivity contribution >= 4 is 0 Å². The molecule has 1 aromatic rings. The van der Waals surface area contributed by atoms with E-state index >= 15 is 0 Å². The molecular formula is C16H27NO2. The molecule has 1 rings (SSSR count). The molecule has 0 saturated carbocycles. The van der Waals surface area contributed by atoms with Crippen LogP contribution in [0.4, 0.5) is 0 Å². The van der Waals surface area contributed by atoms with Gasteiger partial charge in [0.15, 0.2) is 11.5 Å². The standard InChI is InChI=1S/C16H27NO2/c1-6-14(17-11-12(3)4)13-8-9-15(19-7-2)16(10-13)18-5/h8-10,12,14,17H,6-7,11H2,1-5H3. The van der Waals surface area contributed by atoms with Crippen LogP contribution in [-0.4, -0.2) is 20.3 Å². The van der Waals surface area contributed by atoms with E-state index in [1.54, 1.807) is 7.11 Å². The molecule has 0 radical (unpaired) electrons. The highest BCUT2D eigenvalue weighted by atomic mass is 16.5. The van der Waals surface area contributed by atoms with Crippen molar-refractivity contribution in [3.63, 3.8) is 0 Å². The quantitative estimate of drug-likeness (QED) is 0.775. The van der Waals surface area contributed by atoms with Gasteiger partial charge in [0.2, 0.25) is 0 Å². The van der Waals surface area contributed by atoms with Gasteiger partial charge in [0, 0.05) is 6.04 Å². The largest absolute Gasteiger partial charge is 0.493 e. The van der Waals surface area contributed by atoms with Gasteiger partial charge in [-0.3, -0.25) is 0 Å². The van der Waals surface area contributed by atoms with Gasteiger partial charge >= 0.3 is 0 Å². The van der Waals surface area contributed by atoms with E-state index in [1.165, 1.54) is 5.56 Å². The zero-order valence-corrected chi connectivity index (χ0v) is 12.8. The maximum Gasteiger partial charge on any atom is 0.161 e. The summed E-state index contributed by atoms with van der Waals surface area (Å²) in [5.41, 5.74) is 1.25. The minimum atomic E-state index is 0.368. The Balaban J connectivity index is 2.86. The Kier molecular flexibility index (Phi) is 6.71. The molecule has 1 atom stereocenters. The van der Waals surface area contributed by atoms with Crippen LogP contribution in [-0.2, 0) is 0 Å². The first-order valence-electron chi connectivity index (χ1n) is 7.16. The molecule has 19 heavy (non-hydrogen) atoms. The molecule has 1 N–H and O–H groups in total. The summed E-state index contributed by atoms with van der Waals surface area (Å²) in [6.45, 7) is 10.3. The van der Waals surface area contributed by atoms with Crippen molar-refractivity contribution in [3.8, 4) is 11.5 Å². The molecule has 0 aromatic heterocycles. The molecule has 0 heterocycles. The SMILES string of the molecule is CCOc1ccc(C(CC)NCC(C)C)cc1OC. The first kappa shape index (κ1) is 15.8. The minimum Gasteiger partial charge on any atom is -0.493 e. The van der Waals surface area contributed by atoms with Gasteiger partial charge in [-0.2, -0.15) is 0 Å². The summed E-state index contributed by atoms with van der Waals surface area (Å²) in [6, 6.07) is 6.56. The lowest BCUT2D eigenvalue weighted by molar-refractivity contribution is 0.310. The Labute approximate surface area is 117 Å². The predicted molar refractivity (Wildman–Crippen MR) is 80.0 cm³/mol. The smallest absolute Gasteiger partial charge is 0.161 e.